The van der Waals surface area contributed by atoms with E-state index in [0.717, 1.165) is 6.07 Å². The van der Waals surface area contributed by atoms with E-state index in [1.54, 1.807) is 6.92 Å². The fourth-order valence-electron chi connectivity index (χ4n) is 3.43. The summed E-state index contributed by atoms with van der Waals surface area (Å²) in [5.41, 5.74) is -0.982. The predicted octanol–water partition coefficient (Wildman–Crippen LogP) is 4.41. The van der Waals surface area contributed by atoms with Gasteiger partial charge in [-0.1, -0.05) is 0 Å². The first-order chi connectivity index (χ1) is 14.8. The maximum absolute atomic E-state index is 14.8. The lowest BCUT2D eigenvalue weighted by Gasteiger charge is -2.23. The van der Waals surface area contributed by atoms with Crippen molar-refractivity contribution in [2.45, 2.75) is 32.0 Å². The molecule has 2 heterocycles. The Morgan fingerprint density at radius 2 is 2.13 bits per heavy atom. The monoisotopic (exact) mass is 445 g/mol. The number of alkyl halides is 4. The number of hydrogen-bond acceptors (Lipinski definition) is 6. The van der Waals surface area contributed by atoms with Gasteiger partial charge in [0.1, 0.15) is 22.9 Å². The molecule has 0 bridgehead atoms. The second kappa shape index (κ2) is 9.31. The molecule has 1 aromatic heterocycles. The lowest BCUT2D eigenvalue weighted by atomic mass is 10.0. The first-order valence-corrected chi connectivity index (χ1v) is 9.46. The summed E-state index contributed by atoms with van der Waals surface area (Å²) >= 11 is 0. The van der Waals surface area contributed by atoms with Crippen molar-refractivity contribution in [2.24, 2.45) is 0 Å². The number of nitrogens with zero attached hydrogens (tertiary/aromatic N) is 3. The largest absolute Gasteiger partial charge is 0.462 e. The zero-order valence-electron chi connectivity index (χ0n) is 16.5. The number of hydrogen-bond donors (Lipinski definition) is 2. The summed E-state index contributed by atoms with van der Waals surface area (Å²) in [4.78, 5) is 20.1. The van der Waals surface area contributed by atoms with Crippen LogP contribution in [0.1, 0.15) is 36.9 Å². The molecule has 7 nitrogen and oxygen atoms in total. The van der Waals surface area contributed by atoms with Crippen LogP contribution in [0.2, 0.25) is 0 Å². The van der Waals surface area contributed by atoms with Crippen molar-refractivity contribution in [3.63, 3.8) is 0 Å². The number of rotatable bonds is 8. The summed E-state index contributed by atoms with van der Waals surface area (Å²) in [6.45, 7) is 1.07. The number of carbonyl (C=O) groups is 1. The third kappa shape index (κ3) is 4.94. The minimum absolute atomic E-state index is 0.00367. The summed E-state index contributed by atoms with van der Waals surface area (Å²) in [5.74, 6) is -1.54. The molecule has 1 atom stereocenters. The van der Waals surface area contributed by atoms with Crippen molar-refractivity contribution in [3.05, 3.63) is 35.3 Å². The Labute approximate surface area is 174 Å². The van der Waals surface area contributed by atoms with Crippen molar-refractivity contribution < 1.29 is 31.5 Å². The average molecular weight is 445 g/mol. The number of likely N-dealkylation sites (tertiary alicyclic amines) is 1. The molecule has 1 aliphatic heterocycles. The summed E-state index contributed by atoms with van der Waals surface area (Å²) in [6, 6.07) is 1.81. The molecule has 0 radical (unpaired) electrons. The van der Waals surface area contributed by atoms with Crippen molar-refractivity contribution in [3.8, 4) is 5.75 Å². The van der Waals surface area contributed by atoms with Crippen LogP contribution in [-0.2, 0) is 11.0 Å². The molecule has 0 spiro atoms. The predicted molar refractivity (Wildman–Crippen MR) is 102 cm³/mol. The lowest BCUT2D eigenvalue weighted by molar-refractivity contribution is -0.137. The third-order valence-corrected chi connectivity index (χ3v) is 4.78. The Balaban J connectivity index is 1.95. The normalized spacial score (nSPS) is 16.3. The van der Waals surface area contributed by atoms with Crippen LogP contribution in [0.15, 0.2) is 18.3 Å². The number of nitrogens with one attached hydrogen (secondary N) is 2. The zero-order chi connectivity index (χ0) is 22.6. The van der Waals surface area contributed by atoms with E-state index in [2.05, 4.69) is 20.6 Å². The molecule has 3 rings (SSSR count). The van der Waals surface area contributed by atoms with Crippen LogP contribution >= 0.6 is 0 Å². The molecule has 0 saturated carbocycles. The minimum atomic E-state index is -4.67. The topological polar surface area (TPSA) is 79.4 Å². The van der Waals surface area contributed by atoms with Gasteiger partial charge in [0.15, 0.2) is 0 Å². The number of aromatic nitrogens is 2. The first-order valence-electron chi connectivity index (χ1n) is 9.46. The van der Waals surface area contributed by atoms with Gasteiger partial charge in [-0.25, -0.2) is 13.8 Å². The average Bonchev–Trinajstić information content (AvgIpc) is 3.18. The minimum Gasteiger partial charge on any atom is -0.462 e. The van der Waals surface area contributed by atoms with E-state index < -0.39 is 36.3 Å². The standard InChI is InChI=1S/C19H20F5N5O2/c1-2-25-17-12(19(22,23)24)8-26-18(28-17)27-14-7-16(31-9-20)11(6-13(14)21)15-4-3-5-29(15)10-30/h6-8,10,15H,2-5,9H2,1H3,(H2,25,26,27,28). The second-order valence-electron chi connectivity index (χ2n) is 6.73. The van der Waals surface area contributed by atoms with E-state index in [0.29, 0.717) is 37.6 Å². The summed E-state index contributed by atoms with van der Waals surface area (Å²) in [5, 5.41) is 5.00. The summed E-state index contributed by atoms with van der Waals surface area (Å²) in [6.07, 6.45) is -2.19. The molecule has 1 aromatic carbocycles. The smallest absolute Gasteiger partial charge is 0.421 e. The molecule has 168 valence electrons. The van der Waals surface area contributed by atoms with E-state index in [1.807, 2.05) is 0 Å². The van der Waals surface area contributed by atoms with Gasteiger partial charge in [0, 0.05) is 30.9 Å². The van der Waals surface area contributed by atoms with Gasteiger partial charge in [0.25, 0.3) is 0 Å². The van der Waals surface area contributed by atoms with Gasteiger partial charge in [0.2, 0.25) is 19.2 Å². The van der Waals surface area contributed by atoms with Crippen LogP contribution < -0.4 is 15.4 Å². The van der Waals surface area contributed by atoms with Crippen LogP contribution in [0.3, 0.4) is 0 Å². The number of carbonyl (C=O) groups excluding carboxylic acids is 1. The molecular weight excluding hydrogens is 425 g/mol. The molecule has 1 amide bonds. The number of ether oxygens (including phenoxy) is 1. The van der Waals surface area contributed by atoms with Gasteiger partial charge in [0.05, 0.1) is 11.7 Å². The van der Waals surface area contributed by atoms with E-state index in [9.17, 15) is 26.7 Å². The van der Waals surface area contributed by atoms with Gasteiger partial charge >= 0.3 is 6.18 Å². The van der Waals surface area contributed by atoms with Crippen molar-refractivity contribution in [1.82, 2.24) is 14.9 Å². The third-order valence-electron chi connectivity index (χ3n) is 4.78. The van der Waals surface area contributed by atoms with Crippen LogP contribution in [0.25, 0.3) is 0 Å². The highest BCUT2D eigenvalue weighted by Crippen LogP contribution is 2.39. The highest BCUT2D eigenvalue weighted by atomic mass is 19.4. The lowest BCUT2D eigenvalue weighted by Crippen LogP contribution is -2.22. The summed E-state index contributed by atoms with van der Waals surface area (Å²) in [7, 11) is 0. The molecule has 31 heavy (non-hydrogen) atoms. The highest BCUT2D eigenvalue weighted by molar-refractivity contribution is 5.62. The Hall–Kier alpha value is -3.18. The van der Waals surface area contributed by atoms with E-state index in [1.165, 1.54) is 11.0 Å². The van der Waals surface area contributed by atoms with Gasteiger partial charge in [-0.2, -0.15) is 18.2 Å². The van der Waals surface area contributed by atoms with Crippen LogP contribution in [0.5, 0.6) is 5.75 Å². The van der Waals surface area contributed by atoms with E-state index in [-0.39, 0.29) is 23.9 Å². The molecule has 12 heteroatoms. The fourth-order valence-corrected chi connectivity index (χ4v) is 3.43. The van der Waals surface area contributed by atoms with Gasteiger partial charge in [-0.05, 0) is 25.8 Å². The number of halogens is 5. The molecule has 1 unspecified atom stereocenters. The van der Waals surface area contributed by atoms with Crippen molar-refractivity contribution in [1.29, 1.82) is 0 Å². The summed E-state index contributed by atoms with van der Waals surface area (Å²) < 4.78 is 72.0. The maximum Gasteiger partial charge on any atom is 0.421 e. The molecule has 1 saturated heterocycles. The Bertz CT molecular complexity index is 941. The molecule has 2 N–H and O–H groups in total. The SMILES string of the molecule is CCNc1nc(Nc2cc(OCF)c(C3CCCN3C=O)cc2F)ncc1C(F)(F)F. The highest BCUT2D eigenvalue weighted by Gasteiger charge is 2.35. The molecular formula is C19H20F5N5O2. The number of benzene rings is 1. The van der Waals surface area contributed by atoms with Crippen LogP contribution in [0.4, 0.5) is 39.4 Å². The zero-order valence-corrected chi connectivity index (χ0v) is 16.5. The Morgan fingerprint density at radius 3 is 2.77 bits per heavy atom. The molecule has 2 aromatic rings. The van der Waals surface area contributed by atoms with Crippen molar-refractivity contribution >= 4 is 23.9 Å². The second-order valence-corrected chi connectivity index (χ2v) is 6.73. The van der Waals surface area contributed by atoms with Gasteiger partial charge in [-0.3, -0.25) is 4.79 Å². The van der Waals surface area contributed by atoms with Gasteiger partial charge in [-0.15, -0.1) is 0 Å². The Morgan fingerprint density at radius 1 is 1.35 bits per heavy atom. The molecule has 1 aliphatic rings. The van der Waals surface area contributed by atoms with E-state index >= 15 is 0 Å². The molecule has 1 fully saturated rings. The maximum atomic E-state index is 14.8. The van der Waals surface area contributed by atoms with Gasteiger partial charge < -0.3 is 20.3 Å². The van der Waals surface area contributed by atoms with E-state index in [4.69, 9.17) is 4.74 Å². The number of amides is 1. The number of anilines is 3. The quantitative estimate of drug-likeness (QED) is 0.463. The van der Waals surface area contributed by atoms with Crippen molar-refractivity contribution in [2.75, 3.05) is 30.6 Å². The Kier molecular flexibility index (Phi) is 6.76. The molecule has 0 aliphatic carbocycles. The first kappa shape index (κ1) is 22.5. The van der Waals surface area contributed by atoms with Crippen LogP contribution in [-0.4, -0.2) is 41.2 Å². The van der Waals surface area contributed by atoms with Crippen LogP contribution in [0, 0.1) is 5.82 Å². The fraction of sp³-hybridized carbons (Fsp3) is 0.421.